The number of ether oxygens (including phenoxy) is 1. The Labute approximate surface area is 188 Å². The van der Waals surface area contributed by atoms with Crippen LogP contribution in [-0.2, 0) is 20.2 Å². The molecule has 2 aromatic carbocycles. The van der Waals surface area contributed by atoms with Gasteiger partial charge in [0.2, 0.25) is 5.88 Å². The molecule has 3 heterocycles. The first-order chi connectivity index (χ1) is 15.6. The van der Waals surface area contributed by atoms with E-state index >= 15 is 0 Å². The van der Waals surface area contributed by atoms with Gasteiger partial charge in [-0.2, -0.15) is 0 Å². The molecule has 0 unspecified atom stereocenters. The van der Waals surface area contributed by atoms with Gasteiger partial charge in [0.25, 0.3) is 0 Å². The van der Waals surface area contributed by atoms with Crippen molar-refractivity contribution in [3.63, 3.8) is 0 Å². The van der Waals surface area contributed by atoms with E-state index in [9.17, 15) is 4.79 Å². The van der Waals surface area contributed by atoms with E-state index in [4.69, 9.17) is 21.9 Å². The third-order valence-corrected chi connectivity index (χ3v) is 5.45. The zero-order chi connectivity index (χ0) is 22.1. The van der Waals surface area contributed by atoms with Crippen molar-refractivity contribution in [2.75, 3.05) is 0 Å². The first-order valence-corrected chi connectivity index (χ1v) is 10.5. The maximum absolute atomic E-state index is 12.6. The van der Waals surface area contributed by atoms with Gasteiger partial charge in [0.1, 0.15) is 22.5 Å². The Bertz CT molecular complexity index is 1500. The molecule has 2 N–H and O–H groups in total. The number of hydrogen-bond acceptors (Lipinski definition) is 5. The highest BCUT2D eigenvalue weighted by Gasteiger charge is 2.16. The largest absolute Gasteiger partial charge is 0.472 e. The molecule has 5 aromatic rings. The smallest absolute Gasteiger partial charge is 0.328 e. The van der Waals surface area contributed by atoms with E-state index in [1.54, 1.807) is 9.25 Å². The second-order valence-corrected chi connectivity index (χ2v) is 7.79. The van der Waals surface area contributed by atoms with Crippen LogP contribution in [0.15, 0.2) is 71.5 Å². The maximum Gasteiger partial charge on any atom is 0.328 e. The Balaban J connectivity index is 1.50. The average Bonchev–Trinajstić information content (AvgIpc) is 3.40. The van der Waals surface area contributed by atoms with E-state index in [0.29, 0.717) is 40.7 Å². The highest BCUT2D eigenvalue weighted by atomic mass is 32.1. The monoisotopic (exact) mass is 444 g/mol. The quantitative estimate of drug-likeness (QED) is 0.389. The zero-order valence-electron chi connectivity index (χ0n) is 17.3. The lowest BCUT2D eigenvalue weighted by atomic mass is 10.2. The van der Waals surface area contributed by atoms with Crippen LogP contribution < -0.4 is 10.4 Å². The number of aromatic nitrogens is 6. The molecular weight excluding hydrogens is 424 g/mol. The first-order valence-electron chi connectivity index (χ1n) is 10.1. The molecule has 0 saturated heterocycles. The fraction of sp³-hybridized carbons (Fsp3) is 0.130. The summed E-state index contributed by atoms with van der Waals surface area (Å²) in [5.74, 6) is 1.04. The number of H-pyrrole nitrogens is 2. The van der Waals surface area contributed by atoms with E-state index in [0.717, 1.165) is 16.8 Å². The van der Waals surface area contributed by atoms with Gasteiger partial charge in [-0.05, 0) is 11.1 Å². The van der Waals surface area contributed by atoms with Gasteiger partial charge in [-0.1, -0.05) is 72.9 Å². The Morgan fingerprint density at radius 2 is 1.69 bits per heavy atom. The molecule has 5 rings (SSSR count). The molecule has 8 nitrogen and oxygen atoms in total. The summed E-state index contributed by atoms with van der Waals surface area (Å²) in [5.41, 5.74) is 3.55. The Morgan fingerprint density at radius 1 is 1.00 bits per heavy atom. The molecular formula is C23H20N6O2S. The predicted molar refractivity (Wildman–Crippen MR) is 124 cm³/mol. The molecule has 3 aromatic heterocycles. The van der Waals surface area contributed by atoms with Crippen LogP contribution in [-0.4, -0.2) is 29.3 Å². The van der Waals surface area contributed by atoms with Crippen LogP contribution in [0.3, 0.4) is 0 Å². The summed E-state index contributed by atoms with van der Waals surface area (Å²) >= 11 is 5.38. The van der Waals surface area contributed by atoms with Crippen LogP contribution in [0.4, 0.5) is 0 Å². The summed E-state index contributed by atoms with van der Waals surface area (Å²) in [7, 11) is 1.82. The Morgan fingerprint density at radius 3 is 2.41 bits per heavy atom. The fourth-order valence-electron chi connectivity index (χ4n) is 3.54. The van der Waals surface area contributed by atoms with Crippen molar-refractivity contribution < 1.29 is 4.74 Å². The molecule has 0 aliphatic carbocycles. The van der Waals surface area contributed by atoms with Crippen molar-refractivity contribution in [3.05, 3.63) is 93.0 Å². The molecule has 0 aliphatic heterocycles. The van der Waals surface area contributed by atoms with Crippen LogP contribution in [0.2, 0.25) is 0 Å². The van der Waals surface area contributed by atoms with Gasteiger partial charge in [-0.25, -0.2) is 9.78 Å². The summed E-state index contributed by atoms with van der Waals surface area (Å²) in [6, 6.07) is 21.4. The third-order valence-electron chi connectivity index (χ3n) is 5.15. The SMILES string of the molecule is Cn1nc(OCc2ccccc2)cc1-c1nc2c([nH]1)c(=S)[nH]c(=O)n2Cc1ccccc1. The van der Waals surface area contributed by atoms with Crippen molar-refractivity contribution in [1.82, 2.24) is 29.3 Å². The molecule has 0 atom stereocenters. The van der Waals surface area contributed by atoms with E-state index in [2.05, 4.69) is 15.1 Å². The van der Waals surface area contributed by atoms with Crippen molar-refractivity contribution in [1.29, 1.82) is 0 Å². The van der Waals surface area contributed by atoms with Crippen LogP contribution in [0, 0.1) is 4.64 Å². The molecule has 160 valence electrons. The summed E-state index contributed by atoms with van der Waals surface area (Å²) in [5, 5.41) is 4.43. The molecule has 0 fully saturated rings. The normalized spacial score (nSPS) is 11.2. The number of aryl methyl sites for hydroxylation is 1. The van der Waals surface area contributed by atoms with Crippen LogP contribution in [0.5, 0.6) is 5.88 Å². The molecule has 0 spiro atoms. The predicted octanol–water partition coefficient (Wildman–Crippen LogP) is 3.81. The number of nitrogens with one attached hydrogen (secondary N) is 2. The van der Waals surface area contributed by atoms with Crippen molar-refractivity contribution in [2.45, 2.75) is 13.2 Å². The van der Waals surface area contributed by atoms with Crippen LogP contribution >= 0.6 is 12.2 Å². The molecule has 0 aliphatic rings. The van der Waals surface area contributed by atoms with E-state index in [1.807, 2.05) is 73.8 Å². The van der Waals surface area contributed by atoms with Crippen LogP contribution in [0.25, 0.3) is 22.7 Å². The third kappa shape index (κ3) is 3.85. The van der Waals surface area contributed by atoms with Gasteiger partial charge < -0.3 is 9.72 Å². The van der Waals surface area contributed by atoms with Crippen molar-refractivity contribution in [2.24, 2.45) is 7.05 Å². The Hall–Kier alpha value is -3.98. The van der Waals surface area contributed by atoms with Gasteiger partial charge >= 0.3 is 5.69 Å². The summed E-state index contributed by atoms with van der Waals surface area (Å²) in [4.78, 5) is 23.3. The lowest BCUT2D eigenvalue weighted by Gasteiger charge is -2.06. The molecule has 0 radical (unpaired) electrons. The number of benzene rings is 2. The molecule has 9 heteroatoms. The van der Waals surface area contributed by atoms with Crippen molar-refractivity contribution in [3.8, 4) is 17.4 Å². The van der Waals surface area contributed by atoms with Crippen LogP contribution in [0.1, 0.15) is 11.1 Å². The summed E-state index contributed by atoms with van der Waals surface area (Å²) in [6.07, 6.45) is 0. The number of hydrogen-bond donors (Lipinski definition) is 2. The zero-order valence-corrected chi connectivity index (χ0v) is 18.1. The number of rotatable bonds is 6. The minimum Gasteiger partial charge on any atom is -0.472 e. The minimum absolute atomic E-state index is 0.304. The highest BCUT2D eigenvalue weighted by molar-refractivity contribution is 7.71. The van der Waals surface area contributed by atoms with Gasteiger partial charge in [-0.3, -0.25) is 14.2 Å². The maximum atomic E-state index is 12.6. The molecule has 0 saturated carbocycles. The van der Waals surface area contributed by atoms with Gasteiger partial charge in [0.05, 0.1) is 6.54 Å². The van der Waals surface area contributed by atoms with Gasteiger partial charge in [0, 0.05) is 13.1 Å². The van der Waals surface area contributed by atoms with Gasteiger partial charge in [0.15, 0.2) is 11.5 Å². The van der Waals surface area contributed by atoms with E-state index in [-0.39, 0.29) is 5.69 Å². The highest BCUT2D eigenvalue weighted by Crippen LogP contribution is 2.24. The standard InChI is InChI=1S/C23H20N6O2S/c1-28-17(12-18(27-28)31-14-16-10-6-3-7-11-16)20-24-19-21(25-20)29(23(30)26-22(19)32)13-15-8-4-2-5-9-15/h2-12H,13-14H2,1H3,(H,24,25)(H,26,30,32). The lowest BCUT2D eigenvalue weighted by molar-refractivity contribution is 0.291. The average molecular weight is 445 g/mol. The summed E-state index contributed by atoms with van der Waals surface area (Å²) < 4.78 is 9.41. The molecule has 32 heavy (non-hydrogen) atoms. The number of aromatic amines is 2. The van der Waals surface area contributed by atoms with E-state index < -0.39 is 0 Å². The van der Waals surface area contributed by atoms with E-state index in [1.165, 1.54) is 0 Å². The second-order valence-electron chi connectivity index (χ2n) is 7.38. The second kappa shape index (κ2) is 8.27. The van der Waals surface area contributed by atoms with Crippen molar-refractivity contribution >= 4 is 23.4 Å². The molecule has 0 amide bonds. The number of fused-ring (bicyclic) bond motifs is 1. The lowest BCUT2D eigenvalue weighted by Crippen LogP contribution is -2.24. The first kappa shape index (κ1) is 20.0. The minimum atomic E-state index is -0.304. The molecule has 0 bridgehead atoms. The Kier molecular flexibility index (Phi) is 5.16. The summed E-state index contributed by atoms with van der Waals surface area (Å²) in [6.45, 7) is 0.794. The fourth-order valence-corrected chi connectivity index (χ4v) is 3.77. The number of nitrogens with zero attached hydrogens (tertiary/aromatic N) is 4. The number of imidazole rings is 1. The van der Waals surface area contributed by atoms with Gasteiger partial charge in [-0.15, -0.1) is 5.10 Å². The topological polar surface area (TPSA) is 93.5 Å².